The maximum absolute atomic E-state index is 11.8. The highest BCUT2D eigenvalue weighted by atomic mass is 35.5. The monoisotopic (exact) mass is 340 g/mol. The van der Waals surface area contributed by atoms with Crippen molar-refractivity contribution >= 4 is 39.7 Å². The Labute approximate surface area is 142 Å². The molecule has 0 unspecified atom stereocenters. The molecule has 2 N–H and O–H groups in total. The van der Waals surface area contributed by atoms with Gasteiger partial charge >= 0.3 is 0 Å². The molecule has 1 aromatic heterocycles. The van der Waals surface area contributed by atoms with E-state index < -0.39 is 0 Å². The number of carbonyl (C=O) groups excluding carboxylic acids is 1. The molecule has 122 valence electrons. The van der Waals surface area contributed by atoms with Crippen molar-refractivity contribution in [3.05, 3.63) is 35.2 Å². The number of thiophene rings is 1. The summed E-state index contributed by atoms with van der Waals surface area (Å²) >= 11 is 1.78. The molecule has 0 saturated carbocycles. The molecule has 1 amide bonds. The maximum atomic E-state index is 11.8. The second-order valence-electron chi connectivity index (χ2n) is 5.37. The molecule has 0 saturated heterocycles. The van der Waals surface area contributed by atoms with Crippen molar-refractivity contribution in [3.63, 3.8) is 0 Å². The van der Waals surface area contributed by atoms with Gasteiger partial charge in [0.15, 0.2) is 0 Å². The van der Waals surface area contributed by atoms with Crippen LogP contribution >= 0.6 is 23.7 Å². The number of fused-ring (bicyclic) bond motifs is 1. The van der Waals surface area contributed by atoms with Crippen LogP contribution < -0.4 is 10.6 Å². The molecule has 0 bridgehead atoms. The summed E-state index contributed by atoms with van der Waals surface area (Å²) < 4.78 is 1.33. The van der Waals surface area contributed by atoms with E-state index in [4.69, 9.17) is 0 Å². The fourth-order valence-corrected chi connectivity index (χ4v) is 3.44. The van der Waals surface area contributed by atoms with Gasteiger partial charge in [-0.05, 0) is 48.7 Å². The highest BCUT2D eigenvalue weighted by Gasteiger charge is 2.06. The van der Waals surface area contributed by atoms with Crippen molar-refractivity contribution in [2.45, 2.75) is 39.2 Å². The number of likely N-dealkylation sites (N-methyl/N-ethyl adjacent to an activating group) is 1. The number of hydrogen-bond donors (Lipinski definition) is 2. The van der Waals surface area contributed by atoms with Crippen molar-refractivity contribution in [1.29, 1.82) is 0 Å². The van der Waals surface area contributed by atoms with Crippen LogP contribution in [0.2, 0.25) is 0 Å². The Kier molecular flexibility index (Phi) is 8.46. The van der Waals surface area contributed by atoms with Gasteiger partial charge in [-0.15, -0.1) is 23.7 Å². The first-order chi connectivity index (χ1) is 10.2. The SMILES string of the molecule is CCN[C@H](C)CNC(=O)CCCc1csc2ccccc12.Cl. The second-order valence-corrected chi connectivity index (χ2v) is 6.28. The van der Waals surface area contributed by atoms with Gasteiger partial charge in [-0.25, -0.2) is 0 Å². The summed E-state index contributed by atoms with van der Waals surface area (Å²) in [7, 11) is 0. The van der Waals surface area contributed by atoms with E-state index in [0.29, 0.717) is 19.0 Å². The van der Waals surface area contributed by atoms with Crippen LogP contribution in [0, 0.1) is 0 Å². The van der Waals surface area contributed by atoms with Crippen LogP contribution in [0.1, 0.15) is 32.3 Å². The molecule has 0 aliphatic heterocycles. The van der Waals surface area contributed by atoms with E-state index in [1.807, 2.05) is 0 Å². The molecular formula is C17H25ClN2OS. The van der Waals surface area contributed by atoms with E-state index in [1.54, 1.807) is 11.3 Å². The Balaban J connectivity index is 0.00000242. The van der Waals surface area contributed by atoms with Crippen molar-refractivity contribution in [1.82, 2.24) is 10.6 Å². The summed E-state index contributed by atoms with van der Waals surface area (Å²) in [6.07, 6.45) is 2.48. The van der Waals surface area contributed by atoms with E-state index in [9.17, 15) is 4.79 Å². The standard InChI is InChI=1S/C17H24N2OS.ClH/c1-3-18-13(2)11-19-17(20)10-6-7-14-12-21-16-9-5-4-8-15(14)16;/h4-5,8-9,12-13,18H,3,6-7,10-11H2,1-2H3,(H,19,20);1H/t13-;/m1./s1. The molecule has 0 aliphatic rings. The van der Waals surface area contributed by atoms with Gasteiger partial charge in [-0.1, -0.05) is 25.1 Å². The van der Waals surface area contributed by atoms with Crippen LogP contribution in [0.15, 0.2) is 29.6 Å². The van der Waals surface area contributed by atoms with Gasteiger partial charge in [-0.2, -0.15) is 0 Å². The quantitative estimate of drug-likeness (QED) is 0.768. The van der Waals surface area contributed by atoms with Crippen LogP contribution in [0.3, 0.4) is 0 Å². The lowest BCUT2D eigenvalue weighted by Crippen LogP contribution is -2.38. The van der Waals surface area contributed by atoms with Gasteiger partial charge in [0.25, 0.3) is 0 Å². The average Bonchev–Trinajstić information content (AvgIpc) is 2.89. The largest absolute Gasteiger partial charge is 0.355 e. The fourth-order valence-electron chi connectivity index (χ4n) is 2.44. The van der Waals surface area contributed by atoms with Crippen molar-refractivity contribution < 1.29 is 4.79 Å². The van der Waals surface area contributed by atoms with E-state index >= 15 is 0 Å². The van der Waals surface area contributed by atoms with E-state index in [1.165, 1.54) is 15.6 Å². The number of aryl methyl sites for hydroxylation is 1. The molecule has 5 heteroatoms. The predicted molar refractivity (Wildman–Crippen MR) is 98.2 cm³/mol. The van der Waals surface area contributed by atoms with Crippen LogP contribution in [-0.4, -0.2) is 25.0 Å². The van der Waals surface area contributed by atoms with Gasteiger partial charge in [0, 0.05) is 23.7 Å². The molecule has 1 atom stereocenters. The highest BCUT2D eigenvalue weighted by Crippen LogP contribution is 2.26. The summed E-state index contributed by atoms with van der Waals surface area (Å²) in [5.41, 5.74) is 1.37. The van der Waals surface area contributed by atoms with E-state index in [2.05, 4.69) is 54.1 Å². The zero-order valence-corrected chi connectivity index (χ0v) is 14.9. The molecule has 1 heterocycles. The Morgan fingerprint density at radius 2 is 2.09 bits per heavy atom. The summed E-state index contributed by atoms with van der Waals surface area (Å²) in [4.78, 5) is 11.8. The summed E-state index contributed by atoms with van der Waals surface area (Å²) in [6, 6.07) is 8.80. The Hall–Kier alpha value is -1.10. The molecule has 1 aromatic carbocycles. The highest BCUT2D eigenvalue weighted by molar-refractivity contribution is 7.17. The first-order valence-corrected chi connectivity index (χ1v) is 8.54. The lowest BCUT2D eigenvalue weighted by Gasteiger charge is -2.13. The zero-order chi connectivity index (χ0) is 15.1. The summed E-state index contributed by atoms with van der Waals surface area (Å²) in [6.45, 7) is 5.79. The first-order valence-electron chi connectivity index (χ1n) is 7.66. The topological polar surface area (TPSA) is 41.1 Å². The molecule has 3 nitrogen and oxygen atoms in total. The fraction of sp³-hybridized carbons (Fsp3) is 0.471. The van der Waals surface area contributed by atoms with E-state index in [0.717, 1.165) is 19.4 Å². The number of nitrogens with one attached hydrogen (secondary N) is 2. The molecule has 0 radical (unpaired) electrons. The Morgan fingerprint density at radius 3 is 2.86 bits per heavy atom. The van der Waals surface area contributed by atoms with Crippen LogP contribution in [0.25, 0.3) is 10.1 Å². The number of rotatable bonds is 8. The van der Waals surface area contributed by atoms with Crippen LogP contribution in [0.4, 0.5) is 0 Å². The minimum atomic E-state index is 0. The molecule has 0 aliphatic carbocycles. The lowest BCUT2D eigenvalue weighted by molar-refractivity contribution is -0.121. The minimum absolute atomic E-state index is 0. The third-order valence-electron chi connectivity index (χ3n) is 3.57. The Morgan fingerprint density at radius 1 is 1.32 bits per heavy atom. The number of benzene rings is 1. The molecule has 0 fully saturated rings. The molecule has 2 aromatic rings. The smallest absolute Gasteiger partial charge is 0.220 e. The zero-order valence-electron chi connectivity index (χ0n) is 13.2. The van der Waals surface area contributed by atoms with Crippen LogP contribution in [-0.2, 0) is 11.2 Å². The third-order valence-corrected chi connectivity index (χ3v) is 4.58. The van der Waals surface area contributed by atoms with Crippen LogP contribution in [0.5, 0.6) is 0 Å². The summed E-state index contributed by atoms with van der Waals surface area (Å²) in [5.74, 6) is 0.152. The van der Waals surface area contributed by atoms with E-state index in [-0.39, 0.29) is 18.3 Å². The van der Waals surface area contributed by atoms with Gasteiger partial charge < -0.3 is 10.6 Å². The number of carbonyl (C=O) groups is 1. The van der Waals surface area contributed by atoms with Gasteiger partial charge in [0.05, 0.1) is 0 Å². The number of hydrogen-bond acceptors (Lipinski definition) is 3. The van der Waals surface area contributed by atoms with Gasteiger partial charge in [-0.3, -0.25) is 4.79 Å². The normalized spacial score (nSPS) is 11.9. The second kappa shape index (κ2) is 9.82. The van der Waals surface area contributed by atoms with Gasteiger partial charge in [0.1, 0.15) is 0 Å². The summed E-state index contributed by atoms with van der Waals surface area (Å²) in [5, 5.41) is 9.83. The van der Waals surface area contributed by atoms with Crippen molar-refractivity contribution in [2.24, 2.45) is 0 Å². The molecular weight excluding hydrogens is 316 g/mol. The average molecular weight is 341 g/mol. The lowest BCUT2D eigenvalue weighted by atomic mass is 10.1. The maximum Gasteiger partial charge on any atom is 0.220 e. The predicted octanol–water partition coefficient (Wildman–Crippen LogP) is 3.76. The molecule has 2 rings (SSSR count). The molecule has 0 spiro atoms. The van der Waals surface area contributed by atoms with Crippen molar-refractivity contribution in [2.75, 3.05) is 13.1 Å². The number of halogens is 1. The molecule has 22 heavy (non-hydrogen) atoms. The number of amides is 1. The third kappa shape index (κ3) is 5.59. The Bertz CT molecular complexity index is 585. The first kappa shape index (κ1) is 18.9. The van der Waals surface area contributed by atoms with Gasteiger partial charge in [0.2, 0.25) is 5.91 Å². The minimum Gasteiger partial charge on any atom is -0.355 e. The van der Waals surface area contributed by atoms with Crippen molar-refractivity contribution in [3.8, 4) is 0 Å².